The normalized spacial score (nSPS) is 14.6. The van der Waals surface area contributed by atoms with Gasteiger partial charge < -0.3 is 33.8 Å². The Hall–Kier alpha value is -2.46. The first kappa shape index (κ1) is 89.5. The predicted molar refractivity (Wildman–Crippen MR) is 372 cm³/mol. The van der Waals surface area contributed by atoms with Crippen LogP contribution in [0.15, 0.2) is 24.3 Å². The third-order valence-corrected chi connectivity index (χ3v) is 18.5. The number of allylic oxidation sites excluding steroid dienone is 4. The Bertz CT molecular complexity index is 1900. The van der Waals surface area contributed by atoms with Crippen LogP contribution in [0, 0.1) is 17.8 Å². The summed E-state index contributed by atoms with van der Waals surface area (Å²) < 4.78 is 68.3. The lowest BCUT2D eigenvalue weighted by Crippen LogP contribution is -2.30. The maximum atomic E-state index is 13.0. The molecule has 0 aliphatic heterocycles. The van der Waals surface area contributed by atoms with E-state index in [0.717, 1.165) is 121 Å². The van der Waals surface area contributed by atoms with Crippen LogP contribution in [-0.2, 0) is 65.4 Å². The van der Waals surface area contributed by atoms with Crippen LogP contribution in [0.4, 0.5) is 0 Å². The molecule has 0 aromatic carbocycles. The van der Waals surface area contributed by atoms with E-state index in [9.17, 15) is 43.2 Å². The van der Waals surface area contributed by atoms with E-state index in [0.29, 0.717) is 31.6 Å². The molecular formula is C73H138O17P2. The molecule has 4 unspecified atom stereocenters. The zero-order chi connectivity index (χ0) is 68.0. The van der Waals surface area contributed by atoms with Crippen molar-refractivity contribution in [1.29, 1.82) is 0 Å². The topological polar surface area (TPSA) is 237 Å². The van der Waals surface area contributed by atoms with Gasteiger partial charge in [-0.25, -0.2) is 9.13 Å². The number of esters is 4. The molecular weight excluding hydrogens is 1210 g/mol. The standard InChI is InChI=1S/C73H138O17P2/c1-8-10-11-12-13-14-15-16-17-22-25-28-33-42-49-56-72(77)89-68(60-83-70(75)54-47-40-32-27-24-21-19-18-20-23-26-30-37-44-51-64(3)4)62-87-91(79,80)85-58-67(74)59-86-92(81,82)88-63-69(90-73(78)57-50-43-36-35-39-46-53-66(7)9-2)61-84-71(76)55-48-41-34-29-31-38-45-52-65(5)6/h14-17,64-69,74H,8-13,18-63H2,1-7H3,(H,79,80)(H,81,82)/b15-14-,17-16-/t66?,67?,68-,69-/m1/s1. The molecule has 0 saturated heterocycles. The summed E-state index contributed by atoms with van der Waals surface area (Å²) in [5.41, 5.74) is 0. The van der Waals surface area contributed by atoms with Crippen molar-refractivity contribution < 1.29 is 80.2 Å². The fourth-order valence-corrected chi connectivity index (χ4v) is 12.1. The van der Waals surface area contributed by atoms with Crippen molar-refractivity contribution in [2.24, 2.45) is 17.8 Å². The quantitative estimate of drug-likeness (QED) is 0.0169. The Morgan fingerprint density at radius 1 is 0.359 bits per heavy atom. The van der Waals surface area contributed by atoms with Crippen LogP contribution >= 0.6 is 15.6 Å². The number of unbranched alkanes of at least 4 members (excludes halogenated alkanes) is 33. The summed E-state index contributed by atoms with van der Waals surface area (Å²) in [4.78, 5) is 72.6. The van der Waals surface area contributed by atoms with Crippen molar-refractivity contribution in [1.82, 2.24) is 0 Å². The lowest BCUT2D eigenvalue weighted by molar-refractivity contribution is -0.161. The molecule has 0 amide bonds. The molecule has 0 spiro atoms. The molecule has 0 rings (SSSR count). The average Bonchev–Trinajstić information content (AvgIpc) is 1.47. The van der Waals surface area contributed by atoms with Crippen LogP contribution in [0.25, 0.3) is 0 Å². The maximum Gasteiger partial charge on any atom is 0.472 e. The van der Waals surface area contributed by atoms with Crippen LogP contribution in [-0.4, -0.2) is 96.7 Å². The second-order valence-corrected chi connectivity index (χ2v) is 29.7. The Balaban J connectivity index is 5.27. The number of hydrogen-bond donors (Lipinski definition) is 3. The highest BCUT2D eigenvalue weighted by molar-refractivity contribution is 7.47. The van der Waals surface area contributed by atoms with Gasteiger partial charge in [0.2, 0.25) is 0 Å². The number of ether oxygens (including phenoxy) is 4. The van der Waals surface area contributed by atoms with E-state index < -0.39 is 97.5 Å². The zero-order valence-electron chi connectivity index (χ0n) is 59.5. The minimum Gasteiger partial charge on any atom is -0.462 e. The highest BCUT2D eigenvalue weighted by atomic mass is 31.2. The number of aliphatic hydroxyl groups excluding tert-OH is 1. The van der Waals surface area contributed by atoms with Crippen LogP contribution in [0.1, 0.15) is 344 Å². The first-order valence-corrected chi connectivity index (χ1v) is 40.2. The van der Waals surface area contributed by atoms with Crippen molar-refractivity contribution in [2.75, 3.05) is 39.6 Å². The van der Waals surface area contributed by atoms with Crippen molar-refractivity contribution in [3.8, 4) is 0 Å². The second-order valence-electron chi connectivity index (χ2n) is 26.8. The first-order valence-electron chi connectivity index (χ1n) is 37.2. The minimum absolute atomic E-state index is 0.0846. The predicted octanol–water partition coefficient (Wildman–Crippen LogP) is 20.6. The summed E-state index contributed by atoms with van der Waals surface area (Å²) >= 11 is 0. The molecule has 0 bridgehead atoms. The molecule has 0 aliphatic rings. The fraction of sp³-hybridized carbons (Fsp3) is 0.890. The molecule has 0 fully saturated rings. The largest absolute Gasteiger partial charge is 0.472 e. The van der Waals surface area contributed by atoms with E-state index in [1.54, 1.807) is 0 Å². The summed E-state index contributed by atoms with van der Waals surface area (Å²) in [5.74, 6) is 0.0621. The second kappa shape index (κ2) is 63.3. The van der Waals surface area contributed by atoms with Crippen LogP contribution in [0.3, 0.4) is 0 Å². The molecule has 0 heterocycles. The molecule has 0 aromatic rings. The highest BCUT2D eigenvalue weighted by Gasteiger charge is 2.30. The molecule has 19 heteroatoms. The van der Waals surface area contributed by atoms with E-state index in [1.807, 2.05) is 0 Å². The molecule has 92 heavy (non-hydrogen) atoms. The number of rotatable bonds is 69. The average molecular weight is 1350 g/mol. The van der Waals surface area contributed by atoms with Crippen LogP contribution in [0.5, 0.6) is 0 Å². The summed E-state index contributed by atoms with van der Waals surface area (Å²) in [5, 5.41) is 10.6. The van der Waals surface area contributed by atoms with Gasteiger partial charge in [-0.3, -0.25) is 37.3 Å². The van der Waals surface area contributed by atoms with Gasteiger partial charge in [-0.1, -0.05) is 291 Å². The van der Waals surface area contributed by atoms with Gasteiger partial charge in [0.05, 0.1) is 26.4 Å². The van der Waals surface area contributed by atoms with E-state index in [2.05, 4.69) is 72.8 Å². The van der Waals surface area contributed by atoms with Gasteiger partial charge in [-0.15, -0.1) is 0 Å². The summed E-state index contributed by atoms with van der Waals surface area (Å²) in [7, 11) is -9.92. The van der Waals surface area contributed by atoms with Crippen molar-refractivity contribution in [3.63, 3.8) is 0 Å². The molecule has 0 radical (unpaired) electrons. The Morgan fingerprint density at radius 3 is 0.967 bits per heavy atom. The summed E-state index contributed by atoms with van der Waals surface area (Å²) in [6.45, 7) is 11.7. The number of phosphoric acid groups is 2. The van der Waals surface area contributed by atoms with E-state index in [4.69, 9.17) is 37.0 Å². The van der Waals surface area contributed by atoms with Gasteiger partial charge in [0.1, 0.15) is 19.3 Å². The fourth-order valence-electron chi connectivity index (χ4n) is 10.5. The molecule has 0 aromatic heterocycles. The summed E-state index contributed by atoms with van der Waals surface area (Å²) in [6, 6.07) is 0. The summed E-state index contributed by atoms with van der Waals surface area (Å²) in [6.07, 6.45) is 50.9. The van der Waals surface area contributed by atoms with Gasteiger partial charge in [0.25, 0.3) is 0 Å². The molecule has 542 valence electrons. The SMILES string of the molecule is CCCCCC/C=C\C=C/CCCCCCCC(=O)O[C@H](COC(=O)CCCCCCCCCCCCCCCCC(C)C)COP(=O)(O)OCC(O)COP(=O)(O)OC[C@@H](COC(=O)CCCCCCCCCC(C)C)OC(=O)CCCCCCCCC(C)CC. The number of aliphatic hydroxyl groups is 1. The molecule has 3 N–H and O–H groups in total. The van der Waals surface area contributed by atoms with Crippen LogP contribution in [0.2, 0.25) is 0 Å². The monoisotopic (exact) mass is 1350 g/mol. The third-order valence-electron chi connectivity index (χ3n) is 16.6. The Morgan fingerprint density at radius 2 is 0.641 bits per heavy atom. The lowest BCUT2D eigenvalue weighted by Gasteiger charge is -2.21. The Kier molecular flexibility index (Phi) is 61.6. The Labute approximate surface area is 561 Å². The van der Waals surface area contributed by atoms with E-state index in [-0.39, 0.29) is 25.7 Å². The number of carbonyl (C=O) groups excluding carboxylic acids is 4. The van der Waals surface area contributed by atoms with Crippen molar-refractivity contribution in [3.05, 3.63) is 24.3 Å². The van der Waals surface area contributed by atoms with Gasteiger partial charge in [-0.2, -0.15) is 0 Å². The minimum atomic E-state index is -4.96. The van der Waals surface area contributed by atoms with E-state index >= 15 is 0 Å². The zero-order valence-corrected chi connectivity index (χ0v) is 61.3. The van der Waals surface area contributed by atoms with Crippen LogP contribution < -0.4 is 0 Å². The molecule has 6 atom stereocenters. The molecule has 17 nitrogen and oxygen atoms in total. The third kappa shape index (κ3) is 64.9. The van der Waals surface area contributed by atoms with Gasteiger partial charge in [0.15, 0.2) is 12.2 Å². The van der Waals surface area contributed by atoms with Crippen molar-refractivity contribution in [2.45, 2.75) is 362 Å². The van der Waals surface area contributed by atoms with Gasteiger partial charge >= 0.3 is 39.5 Å². The molecule has 0 saturated carbocycles. The maximum absolute atomic E-state index is 13.0. The van der Waals surface area contributed by atoms with Gasteiger partial charge in [-0.05, 0) is 69.1 Å². The number of carbonyl (C=O) groups is 4. The van der Waals surface area contributed by atoms with E-state index in [1.165, 1.54) is 135 Å². The lowest BCUT2D eigenvalue weighted by atomic mass is 10.00. The van der Waals surface area contributed by atoms with Gasteiger partial charge in [0, 0.05) is 25.7 Å². The first-order chi connectivity index (χ1) is 44.3. The molecule has 0 aliphatic carbocycles. The number of phosphoric ester groups is 2. The smallest absolute Gasteiger partial charge is 0.462 e. The number of hydrogen-bond acceptors (Lipinski definition) is 15. The highest BCUT2D eigenvalue weighted by Crippen LogP contribution is 2.45. The van der Waals surface area contributed by atoms with Crippen molar-refractivity contribution >= 4 is 39.5 Å².